The molecule has 6 aromatic carbocycles. The van der Waals surface area contributed by atoms with Crippen molar-refractivity contribution < 1.29 is 83.6 Å². The highest BCUT2D eigenvalue weighted by Crippen LogP contribution is 2.46. The number of anilines is 2. The van der Waals surface area contributed by atoms with Crippen LogP contribution in [-0.4, -0.2) is 261 Å². The summed E-state index contributed by atoms with van der Waals surface area (Å²) < 4.78 is 99.6. The van der Waals surface area contributed by atoms with Gasteiger partial charge in [0.2, 0.25) is 15.9 Å². The van der Waals surface area contributed by atoms with Crippen LogP contribution in [0.2, 0.25) is 0 Å². The summed E-state index contributed by atoms with van der Waals surface area (Å²) in [5, 5.41) is 7.10. The van der Waals surface area contributed by atoms with E-state index in [0.717, 1.165) is 108 Å². The number of likely N-dealkylation sites (N-methyl/N-ethyl adjacent to an activating group) is 2. The van der Waals surface area contributed by atoms with Crippen molar-refractivity contribution in [3.8, 4) is 40.2 Å². The Hall–Kier alpha value is -11.5. The zero-order valence-electron chi connectivity index (χ0n) is 76.2. The van der Waals surface area contributed by atoms with E-state index in [-0.39, 0.29) is 76.4 Å². The van der Waals surface area contributed by atoms with Crippen molar-refractivity contribution in [2.45, 2.75) is 134 Å². The van der Waals surface area contributed by atoms with Gasteiger partial charge in [0.05, 0.1) is 117 Å². The number of piperidine rings is 1. The van der Waals surface area contributed by atoms with Crippen molar-refractivity contribution in [3.05, 3.63) is 183 Å². The Morgan fingerprint density at radius 3 is 1.23 bits per heavy atom. The lowest BCUT2D eigenvalue weighted by Gasteiger charge is -2.36. The number of nitrogens with zero attached hydrogens (tertiary/aromatic N) is 12. The van der Waals surface area contributed by atoms with E-state index in [0.29, 0.717) is 147 Å². The molecule has 0 bridgehead atoms. The molecule has 0 radical (unpaired) electrons. The molecule has 3 saturated heterocycles. The highest BCUT2D eigenvalue weighted by atomic mass is 32.2. The number of piperazine rings is 2. The number of imidazole rings is 1. The molecule has 33 nitrogen and oxygen atoms in total. The first-order chi connectivity index (χ1) is 61.3. The Kier molecular flexibility index (Phi) is 31.5. The van der Waals surface area contributed by atoms with E-state index >= 15 is 0 Å². The molecule has 14 rings (SSSR count). The number of aryl methyl sites for hydroxylation is 4. The molecular weight excluding hydrogens is 1680 g/mol. The summed E-state index contributed by atoms with van der Waals surface area (Å²) in [6.07, 6.45) is 5.56. The highest BCUT2D eigenvalue weighted by Gasteiger charge is 2.47. The number of carbonyl (C=O) groups is 7. The van der Waals surface area contributed by atoms with Gasteiger partial charge in [0.1, 0.15) is 22.6 Å². The number of hydrogen-bond donors (Lipinski definition) is 3. The largest absolute Gasteiger partial charge is 0.493 e. The highest BCUT2D eigenvalue weighted by molar-refractivity contribution is 7.89. The Morgan fingerprint density at radius 2 is 0.859 bits per heavy atom. The third-order valence-corrected chi connectivity index (χ3v) is 27.8. The van der Waals surface area contributed by atoms with E-state index in [1.807, 2.05) is 50.2 Å². The molecule has 3 fully saturated rings. The molecule has 6 aliphatic rings. The summed E-state index contributed by atoms with van der Waals surface area (Å²) >= 11 is 0. The first kappa shape index (κ1) is 95.6. The molecule has 0 spiro atoms. The van der Waals surface area contributed by atoms with Gasteiger partial charge in [-0.1, -0.05) is 64.1 Å². The topological polar surface area (TPSA) is 350 Å². The second kappa shape index (κ2) is 42.2. The molecule has 128 heavy (non-hydrogen) atoms. The molecule has 0 aliphatic carbocycles. The Morgan fingerprint density at radius 1 is 0.469 bits per heavy atom. The number of imide groups is 3. The maximum Gasteiger partial charge on any atom is 0.265 e. The fourth-order valence-electron chi connectivity index (χ4n) is 17.4. The van der Waals surface area contributed by atoms with Crippen LogP contribution < -0.4 is 57.7 Å². The number of sulfonamides is 2. The maximum absolute atomic E-state index is 14.2. The summed E-state index contributed by atoms with van der Waals surface area (Å²) in [6, 6.07) is 30.3. The van der Waals surface area contributed by atoms with Gasteiger partial charge in [0.25, 0.3) is 45.5 Å². The molecule has 8 heterocycles. The van der Waals surface area contributed by atoms with Crippen molar-refractivity contribution in [1.82, 2.24) is 63.5 Å². The number of aromatic nitrogens is 4. The van der Waals surface area contributed by atoms with Crippen LogP contribution in [-0.2, 0) is 38.9 Å². The Labute approximate surface area is 750 Å². The summed E-state index contributed by atoms with van der Waals surface area (Å²) in [5.41, 5.74) is 6.87. The van der Waals surface area contributed by atoms with E-state index in [4.69, 9.17) is 33.2 Å². The van der Waals surface area contributed by atoms with Crippen molar-refractivity contribution in [2.24, 2.45) is 20.0 Å². The van der Waals surface area contributed by atoms with Gasteiger partial charge in [-0.3, -0.25) is 52.9 Å². The van der Waals surface area contributed by atoms with Crippen molar-refractivity contribution in [1.29, 1.82) is 0 Å². The van der Waals surface area contributed by atoms with E-state index < -0.39 is 38.2 Å². The van der Waals surface area contributed by atoms with Crippen molar-refractivity contribution in [3.63, 3.8) is 0 Å². The zero-order valence-corrected chi connectivity index (χ0v) is 77.8. The molecule has 7 amide bonds. The minimum Gasteiger partial charge on any atom is -0.493 e. The van der Waals surface area contributed by atoms with Crippen LogP contribution in [0.15, 0.2) is 125 Å². The Bertz CT molecular complexity index is 5600. The number of methoxy groups -OCH3 is 6. The van der Waals surface area contributed by atoms with Crippen molar-refractivity contribution >= 4 is 72.8 Å². The molecule has 3 atom stereocenters. The summed E-state index contributed by atoms with van der Waals surface area (Å²) in [6.45, 7) is 24.1. The van der Waals surface area contributed by atoms with Crippen LogP contribution in [0.25, 0.3) is 0 Å². The van der Waals surface area contributed by atoms with Gasteiger partial charge >= 0.3 is 0 Å². The molecule has 3 N–H and O–H groups in total. The van der Waals surface area contributed by atoms with E-state index in [1.54, 1.807) is 134 Å². The van der Waals surface area contributed by atoms with E-state index in [1.165, 1.54) is 46.9 Å². The van der Waals surface area contributed by atoms with Crippen LogP contribution in [0.1, 0.15) is 193 Å². The third-order valence-electron chi connectivity index (χ3n) is 24.8. The molecule has 35 heteroatoms. The number of benzene rings is 6. The Balaban J connectivity index is 0.000000175. The predicted octanol–water partition coefficient (Wildman–Crippen LogP) is 10.3. The zero-order chi connectivity index (χ0) is 92.2. The van der Waals surface area contributed by atoms with E-state index in [2.05, 4.69) is 70.2 Å². The standard InChI is InChI=1S/C32H42N6O6S.C31H40N6O6S.C30H39N3O6/c1-7-36-16-18-37(19-17-36)26-11-8-10-24-29(26)32(40)38(31(24)39)25(23-13-14-27(43-5)28(20-23)44-6)12-9-15-33-45(41,42)30-21(2)34-35(4)22(30)3;1-6-35-15-17-36(18-16-35)25-10-7-9-23-29(25)31(39)37(30(23)38)24(22-12-13-26(42-4)27(19-22)43-5)11-8-14-32-44(40,41)28-20-34(3)21(2)33-28;1-19(2)28(34)31-15-7-9-23(20-11-12-24(37-4)26(18-20)38-5)33-29(35)22-8-6-10-25(27(22)30(33)36)39-21-13-16-32(3)17-14-21/h8,10-11,13-14,20,25,33H,7,9,12,15-19H2,1-6H3;7,9-10,12-13,19-20,24,32H,6,8,11,14-18H2,1-5H3;6,8,10-12,18-19,21,23H,7,9,13-17H2,1-5H3,(H,31,34)/t25-;24-;23-/m111/s1. The quantitative estimate of drug-likeness (QED) is 0.0245. The summed E-state index contributed by atoms with van der Waals surface area (Å²) in [4.78, 5) is 116. The molecule has 0 unspecified atom stereocenters. The number of carbonyl (C=O) groups excluding carboxylic acids is 7. The molecule has 2 aromatic heterocycles. The normalized spacial score (nSPS) is 16.5. The molecule has 0 saturated carbocycles. The fourth-order valence-corrected chi connectivity index (χ4v) is 20.0. The van der Waals surface area contributed by atoms with Crippen molar-refractivity contribution in [2.75, 3.05) is 158 Å². The van der Waals surface area contributed by atoms with Crippen LogP contribution in [0, 0.1) is 26.7 Å². The van der Waals surface area contributed by atoms with Gasteiger partial charge in [-0.15, -0.1) is 0 Å². The minimum absolute atomic E-state index is 0.00383. The number of ether oxygens (including phenoxy) is 7. The average molecular weight is 1800 g/mol. The molecular formula is C93H121N15O18S2. The lowest BCUT2D eigenvalue weighted by Crippen LogP contribution is -2.46. The fraction of sp³-hybridized carbons (Fsp3) is 0.473. The summed E-state index contributed by atoms with van der Waals surface area (Å²) in [5.74, 6) is 1.74. The van der Waals surface area contributed by atoms with Gasteiger partial charge in [-0.25, -0.2) is 31.3 Å². The van der Waals surface area contributed by atoms with Crippen LogP contribution in [0.3, 0.4) is 0 Å². The monoisotopic (exact) mass is 1800 g/mol. The maximum atomic E-state index is 14.2. The number of hydrogen-bond acceptors (Lipinski definition) is 25. The number of nitrogens with one attached hydrogen (secondary N) is 3. The number of amides is 7. The SMILES string of the molecule is CCN1CCN(c2cccc3c2C(=O)N([C@H](CCCNS(=O)(=O)c2c(C)nn(C)c2C)c2ccc(OC)c(OC)c2)C3=O)CC1.CCN1CCN(c2cccc3c2C(=O)N([C@H](CCCNS(=O)(=O)c2cn(C)c(C)n2)c2ccc(OC)c(OC)c2)C3=O)CC1.COc1ccc([C@@H](CCCNC(=O)C(C)C)N2C(=O)c3cccc(OC4CCN(C)CC4)c3C2=O)cc1OC. The first-order valence-corrected chi connectivity index (χ1v) is 46.6. The molecule has 6 aliphatic heterocycles. The second-order valence-corrected chi connectivity index (χ2v) is 36.3. The van der Waals surface area contributed by atoms with Gasteiger partial charge in [-0.05, 0) is 182 Å². The average Bonchev–Trinajstić information content (AvgIpc) is 1.60. The molecule has 688 valence electrons. The van der Waals surface area contributed by atoms with Gasteiger partial charge in [-0.2, -0.15) is 5.10 Å². The number of fused-ring (bicyclic) bond motifs is 3. The lowest BCUT2D eigenvalue weighted by atomic mass is 9.99. The number of likely N-dealkylation sites (tertiary alicyclic amines) is 1. The predicted molar refractivity (Wildman–Crippen MR) is 484 cm³/mol. The number of rotatable bonds is 35. The van der Waals surface area contributed by atoms with Gasteiger partial charge < -0.3 is 67.5 Å². The van der Waals surface area contributed by atoms with Crippen LogP contribution in [0.4, 0.5) is 11.4 Å². The minimum atomic E-state index is -3.83. The van der Waals surface area contributed by atoms with Crippen LogP contribution in [0.5, 0.6) is 40.2 Å². The van der Waals surface area contributed by atoms with E-state index in [9.17, 15) is 50.4 Å². The lowest BCUT2D eigenvalue weighted by molar-refractivity contribution is -0.124. The smallest absolute Gasteiger partial charge is 0.265 e. The third kappa shape index (κ3) is 20.8. The van der Waals surface area contributed by atoms with Gasteiger partial charge in [0.15, 0.2) is 39.5 Å². The first-order valence-electron chi connectivity index (χ1n) is 43.6. The second-order valence-electron chi connectivity index (χ2n) is 32.9. The summed E-state index contributed by atoms with van der Waals surface area (Å²) in [7, 11) is 7.11. The van der Waals surface area contributed by atoms with Crippen LogP contribution >= 0.6 is 0 Å². The molecule has 8 aromatic rings. The van der Waals surface area contributed by atoms with Gasteiger partial charge in [0, 0.05) is 111 Å².